The highest BCUT2D eigenvalue weighted by atomic mass is 127. The van der Waals surface area contributed by atoms with Gasteiger partial charge in [0.15, 0.2) is 0 Å². The molecule has 0 spiro atoms. The molecule has 1 aliphatic heterocycles. The number of hydrogen-bond acceptors (Lipinski definition) is 7. The van der Waals surface area contributed by atoms with Gasteiger partial charge in [-0.05, 0) is 84.1 Å². The van der Waals surface area contributed by atoms with Gasteiger partial charge in [0, 0.05) is 3.57 Å². The van der Waals surface area contributed by atoms with Crippen molar-refractivity contribution in [2.45, 2.75) is 20.0 Å². The van der Waals surface area contributed by atoms with Crippen LogP contribution in [0, 0.1) is 3.57 Å². The molecule has 7 nitrogen and oxygen atoms in total. The average molecular weight is 551 g/mol. The van der Waals surface area contributed by atoms with Crippen molar-refractivity contribution in [1.29, 1.82) is 0 Å². The third-order valence-electron chi connectivity index (χ3n) is 4.01. The standard InChI is InChI=1S/C22H18INO6S/c1-13(2)29-19(25)12-24-20(26)18(31-22(24)28)11-14-7-9-15(10-8-14)30-21(27)16-5-3-4-6-17(16)23/h3-11,13H,12H2,1-2H3/b18-11-. The number of ether oxygens (including phenoxy) is 2. The Hall–Kier alpha value is -2.66. The molecule has 0 aromatic heterocycles. The van der Waals surface area contributed by atoms with Crippen LogP contribution in [0.5, 0.6) is 5.75 Å². The highest BCUT2D eigenvalue weighted by molar-refractivity contribution is 14.1. The van der Waals surface area contributed by atoms with E-state index in [1.54, 1.807) is 56.3 Å². The first-order valence-electron chi connectivity index (χ1n) is 9.26. The Labute approximate surface area is 196 Å². The molecule has 2 amide bonds. The molecule has 0 bridgehead atoms. The number of imide groups is 1. The van der Waals surface area contributed by atoms with Gasteiger partial charge < -0.3 is 9.47 Å². The number of halogens is 1. The summed E-state index contributed by atoms with van der Waals surface area (Å²) >= 11 is 2.82. The molecule has 0 saturated carbocycles. The fraction of sp³-hybridized carbons (Fsp3) is 0.182. The second kappa shape index (κ2) is 10.1. The zero-order valence-corrected chi connectivity index (χ0v) is 19.6. The molecule has 1 heterocycles. The second-order valence-electron chi connectivity index (χ2n) is 6.74. The molecule has 2 aromatic carbocycles. The number of hydrogen-bond donors (Lipinski definition) is 0. The van der Waals surface area contributed by atoms with Crippen LogP contribution >= 0.6 is 34.4 Å². The van der Waals surface area contributed by atoms with Crippen LogP contribution in [0.15, 0.2) is 53.4 Å². The fourth-order valence-electron chi connectivity index (χ4n) is 2.64. The average Bonchev–Trinajstić information content (AvgIpc) is 2.96. The lowest BCUT2D eigenvalue weighted by Crippen LogP contribution is -2.35. The van der Waals surface area contributed by atoms with Gasteiger partial charge in [0.25, 0.3) is 11.1 Å². The summed E-state index contributed by atoms with van der Waals surface area (Å²) in [5.74, 6) is -1.30. The summed E-state index contributed by atoms with van der Waals surface area (Å²) in [7, 11) is 0. The number of benzene rings is 2. The molecule has 0 radical (unpaired) electrons. The minimum atomic E-state index is -0.641. The Morgan fingerprint density at radius 1 is 1.10 bits per heavy atom. The molecule has 1 saturated heterocycles. The molecule has 0 N–H and O–H groups in total. The van der Waals surface area contributed by atoms with Gasteiger partial charge in [-0.1, -0.05) is 24.3 Å². The van der Waals surface area contributed by atoms with Gasteiger partial charge in [0.1, 0.15) is 12.3 Å². The molecule has 31 heavy (non-hydrogen) atoms. The number of amides is 2. The van der Waals surface area contributed by atoms with Crippen molar-refractivity contribution in [2.24, 2.45) is 0 Å². The maximum Gasteiger partial charge on any atom is 0.344 e. The maximum atomic E-state index is 12.5. The minimum Gasteiger partial charge on any atom is -0.462 e. The molecule has 0 atom stereocenters. The predicted molar refractivity (Wildman–Crippen MR) is 124 cm³/mol. The van der Waals surface area contributed by atoms with Crippen LogP contribution in [0.2, 0.25) is 0 Å². The van der Waals surface area contributed by atoms with E-state index < -0.39 is 29.6 Å². The third kappa shape index (κ3) is 5.95. The summed E-state index contributed by atoms with van der Waals surface area (Å²) < 4.78 is 11.2. The quantitative estimate of drug-likeness (QED) is 0.226. The van der Waals surface area contributed by atoms with E-state index in [0.717, 1.165) is 20.2 Å². The van der Waals surface area contributed by atoms with Crippen LogP contribution in [0.3, 0.4) is 0 Å². The van der Waals surface area contributed by atoms with Crippen molar-refractivity contribution in [3.05, 3.63) is 68.1 Å². The Kier molecular flexibility index (Phi) is 7.50. The smallest absolute Gasteiger partial charge is 0.344 e. The summed E-state index contributed by atoms with van der Waals surface area (Å²) in [6.45, 7) is 2.95. The second-order valence-corrected chi connectivity index (χ2v) is 8.90. The molecule has 1 aliphatic rings. The van der Waals surface area contributed by atoms with E-state index in [2.05, 4.69) is 22.6 Å². The number of nitrogens with zero attached hydrogens (tertiary/aromatic N) is 1. The highest BCUT2D eigenvalue weighted by Crippen LogP contribution is 2.32. The number of rotatable bonds is 6. The molecule has 1 fully saturated rings. The van der Waals surface area contributed by atoms with E-state index >= 15 is 0 Å². The maximum absolute atomic E-state index is 12.5. The molecule has 0 aliphatic carbocycles. The minimum absolute atomic E-state index is 0.200. The topological polar surface area (TPSA) is 90.0 Å². The van der Waals surface area contributed by atoms with Gasteiger partial charge in [0.05, 0.1) is 16.6 Å². The Balaban J connectivity index is 1.67. The summed E-state index contributed by atoms with van der Waals surface area (Å²) in [5.41, 5.74) is 1.11. The normalized spacial score (nSPS) is 15.0. The molecule has 9 heteroatoms. The van der Waals surface area contributed by atoms with E-state index in [-0.39, 0.29) is 11.0 Å². The monoisotopic (exact) mass is 551 g/mol. The molecule has 0 unspecified atom stereocenters. The van der Waals surface area contributed by atoms with Gasteiger partial charge in [-0.3, -0.25) is 19.3 Å². The van der Waals surface area contributed by atoms with Crippen LogP contribution < -0.4 is 4.74 Å². The number of carbonyl (C=O) groups is 4. The van der Waals surface area contributed by atoms with E-state index in [9.17, 15) is 19.2 Å². The van der Waals surface area contributed by atoms with E-state index in [1.807, 2.05) is 12.1 Å². The van der Waals surface area contributed by atoms with Gasteiger partial charge in [0.2, 0.25) is 0 Å². The number of carbonyl (C=O) groups excluding carboxylic acids is 4. The predicted octanol–water partition coefficient (Wildman–Crippen LogP) is 4.50. The van der Waals surface area contributed by atoms with E-state index in [4.69, 9.17) is 9.47 Å². The lowest BCUT2D eigenvalue weighted by molar-refractivity contribution is -0.149. The molecule has 2 aromatic rings. The van der Waals surface area contributed by atoms with Crippen molar-refractivity contribution in [3.63, 3.8) is 0 Å². The Bertz CT molecular complexity index is 1060. The van der Waals surface area contributed by atoms with Crippen molar-refractivity contribution >= 4 is 63.5 Å². The van der Waals surface area contributed by atoms with E-state index in [0.29, 0.717) is 16.9 Å². The van der Waals surface area contributed by atoms with Crippen LogP contribution in [0.4, 0.5) is 4.79 Å². The largest absolute Gasteiger partial charge is 0.462 e. The van der Waals surface area contributed by atoms with Gasteiger partial charge in [-0.2, -0.15) is 0 Å². The van der Waals surface area contributed by atoms with Crippen LogP contribution in [-0.4, -0.2) is 40.6 Å². The number of thioether (sulfide) groups is 1. The van der Waals surface area contributed by atoms with Crippen molar-refractivity contribution in [3.8, 4) is 5.75 Å². The lowest BCUT2D eigenvalue weighted by Gasteiger charge is -2.13. The third-order valence-corrected chi connectivity index (χ3v) is 5.86. The summed E-state index contributed by atoms with van der Waals surface area (Å²) in [6.07, 6.45) is 1.21. The molecular formula is C22H18INO6S. The van der Waals surface area contributed by atoms with Gasteiger partial charge in [-0.25, -0.2) is 4.79 Å². The van der Waals surface area contributed by atoms with Crippen molar-refractivity contribution in [2.75, 3.05) is 6.54 Å². The van der Waals surface area contributed by atoms with Crippen LogP contribution in [-0.2, 0) is 14.3 Å². The van der Waals surface area contributed by atoms with Crippen LogP contribution in [0.25, 0.3) is 6.08 Å². The molecular weight excluding hydrogens is 533 g/mol. The zero-order valence-electron chi connectivity index (χ0n) is 16.7. The first kappa shape index (κ1) is 23.0. The zero-order chi connectivity index (χ0) is 22.5. The van der Waals surface area contributed by atoms with Crippen molar-refractivity contribution < 1.29 is 28.7 Å². The molecule has 160 valence electrons. The first-order chi connectivity index (χ1) is 14.7. The summed E-state index contributed by atoms with van der Waals surface area (Å²) in [4.78, 5) is 49.7. The van der Waals surface area contributed by atoms with Gasteiger partial charge in [-0.15, -0.1) is 0 Å². The highest BCUT2D eigenvalue weighted by Gasteiger charge is 2.36. The summed E-state index contributed by atoms with van der Waals surface area (Å²) in [5, 5.41) is -0.528. The van der Waals surface area contributed by atoms with Crippen LogP contribution in [0.1, 0.15) is 29.8 Å². The summed E-state index contributed by atoms with van der Waals surface area (Å²) in [6, 6.07) is 13.6. The number of esters is 2. The fourth-order valence-corrected chi connectivity index (χ4v) is 4.08. The van der Waals surface area contributed by atoms with Crippen molar-refractivity contribution in [1.82, 2.24) is 4.90 Å². The molecule has 3 rings (SSSR count). The van der Waals surface area contributed by atoms with E-state index in [1.165, 1.54) is 0 Å². The first-order valence-corrected chi connectivity index (χ1v) is 11.2. The lowest BCUT2D eigenvalue weighted by atomic mass is 10.2. The Morgan fingerprint density at radius 3 is 2.42 bits per heavy atom. The SMILES string of the molecule is CC(C)OC(=O)CN1C(=O)S/C(=C\c2ccc(OC(=O)c3ccccc3I)cc2)C1=O. The Morgan fingerprint density at radius 2 is 1.77 bits per heavy atom. The van der Waals surface area contributed by atoms with Gasteiger partial charge >= 0.3 is 11.9 Å².